The van der Waals surface area contributed by atoms with E-state index in [0.29, 0.717) is 12.3 Å². The minimum Gasteiger partial charge on any atom is -0.434 e. The minimum atomic E-state index is -0.494. The van der Waals surface area contributed by atoms with Gasteiger partial charge >= 0.3 is 11.6 Å². The lowest BCUT2D eigenvalue weighted by molar-refractivity contribution is -0.385. The highest BCUT2D eigenvalue weighted by atomic mass is 16.6. The van der Waals surface area contributed by atoms with Crippen LogP contribution in [0.2, 0.25) is 0 Å². The summed E-state index contributed by atoms with van der Waals surface area (Å²) in [5, 5.41) is 11.9. The van der Waals surface area contributed by atoms with E-state index in [1.165, 1.54) is 6.33 Å². The van der Waals surface area contributed by atoms with Crippen LogP contribution >= 0.6 is 0 Å². The van der Waals surface area contributed by atoms with Crippen LogP contribution < -0.4 is 9.64 Å². The molecule has 0 aliphatic heterocycles. The van der Waals surface area contributed by atoms with E-state index < -0.39 is 4.92 Å². The molecule has 7 heteroatoms. The second-order valence-electron chi connectivity index (χ2n) is 6.62. The van der Waals surface area contributed by atoms with Gasteiger partial charge in [-0.3, -0.25) is 10.1 Å². The Bertz CT molecular complexity index is 1000. The van der Waals surface area contributed by atoms with Gasteiger partial charge in [0, 0.05) is 12.2 Å². The molecule has 1 aromatic heterocycles. The molecular weight excluding hydrogens is 356 g/mol. The zero-order chi connectivity index (χ0) is 20.3. The zero-order valence-electron chi connectivity index (χ0n) is 16.3. The Kier molecular flexibility index (Phi) is 5.54. The normalized spacial score (nSPS) is 10.6. The first-order valence-corrected chi connectivity index (χ1v) is 8.98. The first kappa shape index (κ1) is 19.3. The Morgan fingerprint density at radius 1 is 1.04 bits per heavy atom. The molecular formula is C21H22N4O3. The van der Waals surface area contributed by atoms with E-state index in [-0.39, 0.29) is 17.4 Å². The van der Waals surface area contributed by atoms with Crippen LogP contribution in [0.15, 0.2) is 48.8 Å². The van der Waals surface area contributed by atoms with Crippen LogP contribution in [-0.2, 0) is 0 Å². The molecule has 0 spiro atoms. The van der Waals surface area contributed by atoms with Crippen molar-refractivity contribution < 1.29 is 9.66 Å². The molecule has 0 fully saturated rings. The largest absolute Gasteiger partial charge is 0.434 e. The third-order valence-electron chi connectivity index (χ3n) is 4.25. The summed E-state index contributed by atoms with van der Waals surface area (Å²) >= 11 is 0. The Balaban J connectivity index is 2.09. The van der Waals surface area contributed by atoms with Crippen LogP contribution in [0.1, 0.15) is 23.6 Å². The molecule has 0 saturated carbocycles. The fourth-order valence-corrected chi connectivity index (χ4v) is 3.14. The van der Waals surface area contributed by atoms with Crippen molar-refractivity contribution in [2.45, 2.75) is 27.7 Å². The highest BCUT2D eigenvalue weighted by Crippen LogP contribution is 2.39. The zero-order valence-corrected chi connectivity index (χ0v) is 16.3. The predicted molar refractivity (Wildman–Crippen MR) is 109 cm³/mol. The number of hydrogen-bond donors (Lipinski definition) is 0. The fraction of sp³-hybridized carbons (Fsp3) is 0.238. The molecule has 3 rings (SSSR count). The second-order valence-corrected chi connectivity index (χ2v) is 6.62. The van der Waals surface area contributed by atoms with Crippen molar-refractivity contribution in [2.75, 3.05) is 11.4 Å². The number of aromatic nitrogens is 2. The van der Waals surface area contributed by atoms with Crippen LogP contribution in [0.25, 0.3) is 0 Å². The number of ether oxygens (including phenoxy) is 1. The van der Waals surface area contributed by atoms with Crippen molar-refractivity contribution in [3.63, 3.8) is 0 Å². The lowest BCUT2D eigenvalue weighted by Crippen LogP contribution is -2.19. The second kappa shape index (κ2) is 8.04. The molecule has 0 unspecified atom stereocenters. The van der Waals surface area contributed by atoms with E-state index in [1.807, 2.05) is 70.2 Å². The smallest absolute Gasteiger partial charge is 0.373 e. The first-order valence-electron chi connectivity index (χ1n) is 8.98. The summed E-state index contributed by atoms with van der Waals surface area (Å²) in [7, 11) is 0. The van der Waals surface area contributed by atoms with Gasteiger partial charge in [-0.1, -0.05) is 18.2 Å². The number of hydrogen-bond acceptors (Lipinski definition) is 6. The molecule has 0 atom stereocenters. The van der Waals surface area contributed by atoms with E-state index in [0.717, 1.165) is 22.4 Å². The topological polar surface area (TPSA) is 81.4 Å². The molecule has 0 aliphatic rings. The highest BCUT2D eigenvalue weighted by Gasteiger charge is 2.29. The molecule has 2 aromatic carbocycles. The molecule has 1 heterocycles. The summed E-state index contributed by atoms with van der Waals surface area (Å²) in [6.45, 7) is 8.27. The van der Waals surface area contributed by atoms with Gasteiger partial charge in [-0.15, -0.1) is 0 Å². The summed E-state index contributed by atoms with van der Waals surface area (Å²) < 4.78 is 5.81. The lowest BCUT2D eigenvalue weighted by atomic mass is 10.1. The number of benzene rings is 2. The Hall–Kier alpha value is -3.48. The summed E-state index contributed by atoms with van der Waals surface area (Å²) in [6, 6.07) is 13.4. The average Bonchev–Trinajstić information content (AvgIpc) is 2.61. The van der Waals surface area contributed by atoms with Crippen LogP contribution in [0.4, 0.5) is 17.2 Å². The van der Waals surface area contributed by atoms with Gasteiger partial charge in [0.05, 0.1) is 4.92 Å². The van der Waals surface area contributed by atoms with Crippen molar-refractivity contribution in [3.8, 4) is 11.6 Å². The minimum absolute atomic E-state index is 0.0777. The van der Waals surface area contributed by atoms with Gasteiger partial charge in [0.25, 0.3) is 0 Å². The molecule has 3 aromatic rings. The lowest BCUT2D eigenvalue weighted by Gasteiger charge is -2.22. The van der Waals surface area contributed by atoms with Gasteiger partial charge in [0.15, 0.2) is 0 Å². The number of aryl methyl sites for hydroxylation is 3. The summed E-state index contributed by atoms with van der Waals surface area (Å²) in [5.41, 5.74) is 3.62. The van der Waals surface area contributed by atoms with Crippen molar-refractivity contribution >= 4 is 17.2 Å². The molecule has 0 saturated heterocycles. The fourth-order valence-electron chi connectivity index (χ4n) is 3.14. The molecule has 28 heavy (non-hydrogen) atoms. The quantitative estimate of drug-likeness (QED) is 0.430. The maximum atomic E-state index is 11.9. The van der Waals surface area contributed by atoms with Crippen LogP contribution in [0.5, 0.6) is 11.6 Å². The monoisotopic (exact) mass is 378 g/mol. The van der Waals surface area contributed by atoms with Crippen LogP contribution in [0.3, 0.4) is 0 Å². The Labute approximate surface area is 163 Å². The number of anilines is 2. The van der Waals surface area contributed by atoms with Crippen molar-refractivity contribution in [3.05, 3.63) is 75.6 Å². The van der Waals surface area contributed by atoms with Crippen molar-refractivity contribution in [1.29, 1.82) is 0 Å². The molecule has 0 radical (unpaired) electrons. The van der Waals surface area contributed by atoms with Gasteiger partial charge in [0.1, 0.15) is 12.1 Å². The Morgan fingerprint density at radius 3 is 2.36 bits per heavy atom. The molecule has 0 amide bonds. The standard InChI is InChI=1S/C21H22N4O3/c1-5-24(17-8-6-7-14(2)10-17)20-19(25(26)27)21(23-13-22-20)28-18-11-15(3)9-16(4)12-18/h6-13H,5H2,1-4H3. The maximum absolute atomic E-state index is 11.9. The summed E-state index contributed by atoms with van der Waals surface area (Å²) in [4.78, 5) is 21.4. The van der Waals surface area contributed by atoms with Crippen molar-refractivity contribution in [1.82, 2.24) is 9.97 Å². The van der Waals surface area contributed by atoms with Gasteiger partial charge in [-0.2, -0.15) is 4.98 Å². The molecule has 144 valence electrons. The third-order valence-corrected chi connectivity index (χ3v) is 4.25. The SMILES string of the molecule is CCN(c1cccc(C)c1)c1ncnc(Oc2cc(C)cc(C)c2)c1[N+](=O)[O-]. The highest BCUT2D eigenvalue weighted by molar-refractivity contribution is 5.71. The predicted octanol–water partition coefficient (Wildman–Crippen LogP) is 5.26. The molecule has 7 nitrogen and oxygen atoms in total. The van der Waals surface area contributed by atoms with Gasteiger partial charge in [-0.25, -0.2) is 4.98 Å². The summed E-state index contributed by atoms with van der Waals surface area (Å²) in [5.74, 6) is 0.627. The Morgan fingerprint density at radius 2 is 1.75 bits per heavy atom. The average molecular weight is 378 g/mol. The number of rotatable bonds is 6. The van der Waals surface area contributed by atoms with Crippen LogP contribution in [-0.4, -0.2) is 21.4 Å². The number of nitro groups is 1. The molecule has 0 N–H and O–H groups in total. The van der Waals surface area contributed by atoms with Crippen LogP contribution in [0, 0.1) is 30.9 Å². The van der Waals surface area contributed by atoms with Gasteiger partial charge in [-0.05, 0) is 68.7 Å². The maximum Gasteiger partial charge on any atom is 0.373 e. The van der Waals surface area contributed by atoms with Gasteiger partial charge in [0.2, 0.25) is 5.82 Å². The number of nitrogens with zero attached hydrogens (tertiary/aromatic N) is 4. The molecule has 0 bridgehead atoms. The molecule has 0 aliphatic carbocycles. The van der Waals surface area contributed by atoms with E-state index >= 15 is 0 Å². The van der Waals surface area contributed by atoms with Gasteiger partial charge < -0.3 is 9.64 Å². The third kappa shape index (κ3) is 4.09. The van der Waals surface area contributed by atoms with E-state index in [2.05, 4.69) is 9.97 Å². The summed E-state index contributed by atoms with van der Waals surface area (Å²) in [6.07, 6.45) is 1.29. The van der Waals surface area contributed by atoms with Crippen molar-refractivity contribution in [2.24, 2.45) is 0 Å². The van der Waals surface area contributed by atoms with E-state index in [1.54, 1.807) is 4.90 Å². The first-order chi connectivity index (χ1) is 13.4. The van der Waals surface area contributed by atoms with E-state index in [4.69, 9.17) is 4.74 Å². The van der Waals surface area contributed by atoms with E-state index in [9.17, 15) is 10.1 Å².